The lowest BCUT2D eigenvalue weighted by Gasteiger charge is -2.10. The third-order valence-electron chi connectivity index (χ3n) is 2.73. The maximum Gasteiger partial charge on any atom is 0.417 e. The lowest BCUT2D eigenvalue weighted by Crippen LogP contribution is -2.10. The molecule has 0 aliphatic rings. The fourth-order valence-electron chi connectivity index (χ4n) is 1.59. The SMILES string of the molecule is NNc1ccc(Br)c(C(F)(F)F)c1.Nc1ccc(Br)c(C(F)(F)F)c1. The highest BCUT2D eigenvalue weighted by Crippen LogP contribution is 2.36. The van der Waals surface area contributed by atoms with Gasteiger partial charge in [-0.1, -0.05) is 31.9 Å². The smallest absolute Gasteiger partial charge is 0.399 e. The number of hydrazine groups is 1. The summed E-state index contributed by atoms with van der Waals surface area (Å²) < 4.78 is 73.2. The first-order valence-electron chi connectivity index (χ1n) is 6.32. The summed E-state index contributed by atoms with van der Waals surface area (Å²) in [5.74, 6) is 4.98. The number of hydrogen-bond donors (Lipinski definition) is 3. The third kappa shape index (κ3) is 6.40. The molecule has 0 amide bonds. The Hall–Kier alpha value is -1.46. The van der Waals surface area contributed by atoms with Crippen molar-refractivity contribution in [1.82, 2.24) is 0 Å². The van der Waals surface area contributed by atoms with Crippen LogP contribution in [0.15, 0.2) is 45.3 Å². The topological polar surface area (TPSA) is 64.1 Å². The maximum absolute atomic E-state index is 12.3. The summed E-state index contributed by atoms with van der Waals surface area (Å²) in [6.07, 6.45) is -8.72. The van der Waals surface area contributed by atoms with Crippen LogP contribution in [0.25, 0.3) is 0 Å². The van der Waals surface area contributed by atoms with Gasteiger partial charge in [0.25, 0.3) is 0 Å². The summed E-state index contributed by atoms with van der Waals surface area (Å²) in [7, 11) is 0. The number of nitrogens with one attached hydrogen (secondary N) is 1. The Morgan fingerprint density at radius 3 is 1.60 bits per heavy atom. The van der Waals surface area contributed by atoms with Crippen LogP contribution in [0.1, 0.15) is 11.1 Å². The van der Waals surface area contributed by atoms with Gasteiger partial charge in [-0.05, 0) is 36.4 Å². The standard InChI is InChI=1S/C7H6BrF3N2.C7H5BrF3N/c8-6-2-1-4(13-12)3-5(6)7(9,10)11;8-6-2-1-4(12)3-5(6)7(9,10)11/h1-3,13H,12H2;1-3H,12H2. The van der Waals surface area contributed by atoms with Crippen molar-refractivity contribution >= 4 is 43.2 Å². The molecule has 2 aromatic rings. The zero-order valence-electron chi connectivity index (χ0n) is 12.1. The zero-order chi connectivity index (χ0) is 19.4. The number of anilines is 2. The predicted molar refractivity (Wildman–Crippen MR) is 90.5 cm³/mol. The van der Waals surface area contributed by atoms with Crippen LogP contribution in [-0.2, 0) is 12.4 Å². The van der Waals surface area contributed by atoms with E-state index < -0.39 is 23.5 Å². The Morgan fingerprint density at radius 1 is 0.760 bits per heavy atom. The molecule has 0 atom stereocenters. The van der Waals surface area contributed by atoms with Crippen LogP contribution in [0.5, 0.6) is 0 Å². The molecule has 0 radical (unpaired) electrons. The van der Waals surface area contributed by atoms with E-state index in [2.05, 4.69) is 37.3 Å². The summed E-state index contributed by atoms with van der Waals surface area (Å²) >= 11 is 5.60. The fraction of sp³-hybridized carbons (Fsp3) is 0.143. The molecular formula is C14H11Br2F6N3. The summed E-state index contributed by atoms with van der Waals surface area (Å²) in [5.41, 5.74) is 6.17. The number of halogens is 8. The maximum atomic E-state index is 12.3. The van der Waals surface area contributed by atoms with Gasteiger partial charge < -0.3 is 11.2 Å². The number of nitrogens with two attached hydrogens (primary N) is 2. The van der Waals surface area contributed by atoms with Gasteiger partial charge in [-0.15, -0.1) is 0 Å². The van der Waals surface area contributed by atoms with Crippen molar-refractivity contribution in [2.45, 2.75) is 12.4 Å². The van der Waals surface area contributed by atoms with Gasteiger partial charge in [0.2, 0.25) is 0 Å². The van der Waals surface area contributed by atoms with E-state index >= 15 is 0 Å². The summed E-state index contributed by atoms with van der Waals surface area (Å²) in [5, 5.41) is 0. The molecule has 0 saturated carbocycles. The average Bonchev–Trinajstić information content (AvgIpc) is 2.48. The molecule has 0 fully saturated rings. The molecule has 11 heteroatoms. The molecule has 25 heavy (non-hydrogen) atoms. The quantitative estimate of drug-likeness (QED) is 0.203. The van der Waals surface area contributed by atoms with Gasteiger partial charge in [0.1, 0.15) is 0 Å². The molecule has 0 aliphatic heterocycles. The molecular weight excluding hydrogens is 484 g/mol. The molecule has 138 valence electrons. The number of nitrogen functional groups attached to an aromatic ring is 2. The summed E-state index contributed by atoms with van der Waals surface area (Å²) in [6, 6.07) is 7.24. The lowest BCUT2D eigenvalue weighted by molar-refractivity contribution is -0.139. The van der Waals surface area contributed by atoms with Crippen LogP contribution in [0.2, 0.25) is 0 Å². The molecule has 0 aromatic heterocycles. The average molecular weight is 495 g/mol. The number of rotatable bonds is 1. The Bertz CT molecular complexity index is 731. The van der Waals surface area contributed by atoms with E-state index in [-0.39, 0.29) is 20.3 Å². The Morgan fingerprint density at radius 2 is 1.20 bits per heavy atom. The minimum atomic E-state index is -4.37. The van der Waals surface area contributed by atoms with Crippen LogP contribution >= 0.6 is 31.9 Å². The van der Waals surface area contributed by atoms with E-state index in [1.54, 1.807) is 0 Å². The van der Waals surface area contributed by atoms with E-state index in [0.29, 0.717) is 0 Å². The zero-order valence-corrected chi connectivity index (χ0v) is 15.3. The first-order chi connectivity index (χ1) is 11.4. The van der Waals surface area contributed by atoms with Gasteiger partial charge in [0, 0.05) is 20.3 Å². The third-order valence-corrected chi connectivity index (χ3v) is 4.12. The van der Waals surface area contributed by atoms with Crippen molar-refractivity contribution < 1.29 is 26.3 Å². The minimum Gasteiger partial charge on any atom is -0.399 e. The summed E-state index contributed by atoms with van der Waals surface area (Å²) in [6.45, 7) is 0. The molecule has 2 rings (SSSR count). The highest BCUT2D eigenvalue weighted by atomic mass is 79.9. The van der Waals surface area contributed by atoms with Gasteiger partial charge in [-0.25, -0.2) is 0 Å². The van der Waals surface area contributed by atoms with Crippen molar-refractivity contribution in [3.63, 3.8) is 0 Å². The van der Waals surface area contributed by atoms with Crippen LogP contribution in [0.3, 0.4) is 0 Å². The van der Waals surface area contributed by atoms with Gasteiger partial charge in [-0.2, -0.15) is 26.3 Å². The first kappa shape index (κ1) is 21.6. The monoisotopic (exact) mass is 493 g/mol. The molecule has 0 aliphatic carbocycles. The van der Waals surface area contributed by atoms with Crippen molar-refractivity contribution in [2.75, 3.05) is 11.2 Å². The van der Waals surface area contributed by atoms with Gasteiger partial charge >= 0.3 is 12.4 Å². The van der Waals surface area contributed by atoms with Crippen molar-refractivity contribution in [1.29, 1.82) is 0 Å². The fourth-order valence-corrected chi connectivity index (χ4v) is 2.54. The first-order valence-corrected chi connectivity index (χ1v) is 7.90. The van der Waals surface area contributed by atoms with Gasteiger partial charge in [0.15, 0.2) is 0 Å². The van der Waals surface area contributed by atoms with E-state index in [0.717, 1.165) is 12.1 Å². The molecule has 0 heterocycles. The number of benzene rings is 2. The largest absolute Gasteiger partial charge is 0.417 e. The Labute approximate surface area is 155 Å². The van der Waals surface area contributed by atoms with Crippen molar-refractivity contribution in [3.05, 3.63) is 56.5 Å². The van der Waals surface area contributed by atoms with E-state index in [9.17, 15) is 26.3 Å². The normalized spacial score (nSPS) is 11.6. The molecule has 0 spiro atoms. The van der Waals surface area contributed by atoms with Crippen molar-refractivity contribution in [2.24, 2.45) is 5.84 Å². The van der Waals surface area contributed by atoms with Crippen molar-refractivity contribution in [3.8, 4) is 0 Å². The Kier molecular flexibility index (Phi) is 7.15. The molecule has 3 nitrogen and oxygen atoms in total. The molecule has 0 saturated heterocycles. The van der Waals surface area contributed by atoms with Crippen LogP contribution in [0.4, 0.5) is 37.7 Å². The van der Waals surface area contributed by atoms with E-state index in [1.807, 2.05) is 0 Å². The van der Waals surface area contributed by atoms with Gasteiger partial charge in [-0.3, -0.25) is 5.84 Å². The number of hydrogen-bond acceptors (Lipinski definition) is 3. The second-order valence-corrected chi connectivity index (χ2v) is 6.28. The van der Waals surface area contributed by atoms with E-state index in [4.69, 9.17) is 11.6 Å². The van der Waals surface area contributed by atoms with E-state index in [1.165, 1.54) is 24.3 Å². The summed E-state index contributed by atoms with van der Waals surface area (Å²) in [4.78, 5) is 0. The molecule has 0 bridgehead atoms. The minimum absolute atomic E-state index is 0.000926. The highest BCUT2D eigenvalue weighted by Gasteiger charge is 2.33. The van der Waals surface area contributed by atoms with Crippen LogP contribution in [0, 0.1) is 0 Å². The van der Waals surface area contributed by atoms with Crippen LogP contribution < -0.4 is 17.0 Å². The predicted octanol–water partition coefficient (Wildman–Crippen LogP) is 5.80. The molecule has 0 unspecified atom stereocenters. The number of alkyl halides is 6. The second-order valence-electron chi connectivity index (χ2n) is 4.57. The molecule has 5 N–H and O–H groups in total. The lowest BCUT2D eigenvalue weighted by atomic mass is 10.2. The Balaban J connectivity index is 0.000000251. The second kappa shape index (κ2) is 8.28. The highest BCUT2D eigenvalue weighted by molar-refractivity contribution is 9.10. The molecule has 2 aromatic carbocycles. The van der Waals surface area contributed by atoms with Crippen LogP contribution in [-0.4, -0.2) is 0 Å². The van der Waals surface area contributed by atoms with Gasteiger partial charge in [0.05, 0.1) is 11.1 Å².